The molecule has 140 valence electrons. The van der Waals surface area contributed by atoms with Crippen molar-refractivity contribution in [3.05, 3.63) is 63.5 Å². The van der Waals surface area contributed by atoms with E-state index in [0.29, 0.717) is 45.3 Å². The zero-order chi connectivity index (χ0) is 19.0. The molecule has 1 aliphatic rings. The van der Waals surface area contributed by atoms with E-state index < -0.39 is 0 Å². The van der Waals surface area contributed by atoms with Gasteiger partial charge in [-0.3, -0.25) is 9.69 Å². The smallest absolute Gasteiger partial charge is 0.200 e. The molecular weight excluding hydrogens is 362 g/mol. The zero-order valence-corrected chi connectivity index (χ0v) is 16.0. The molecule has 4 rings (SSSR count). The summed E-state index contributed by atoms with van der Waals surface area (Å²) in [6, 6.07) is 10.9. The molecule has 1 aromatic heterocycles. The number of likely N-dealkylation sites (tertiary alicyclic amines) is 1. The third kappa shape index (κ3) is 3.35. The summed E-state index contributed by atoms with van der Waals surface area (Å²) in [7, 11) is 0. The maximum Gasteiger partial charge on any atom is 0.200 e. The maximum atomic E-state index is 13.1. The summed E-state index contributed by atoms with van der Waals surface area (Å²) >= 11 is 6.26. The second kappa shape index (κ2) is 7.37. The van der Waals surface area contributed by atoms with Crippen LogP contribution in [0.4, 0.5) is 0 Å². The molecule has 2 aromatic carbocycles. The molecule has 1 fully saturated rings. The molecule has 1 aliphatic heterocycles. The number of hydrogen-bond acceptors (Lipinski definition) is 4. The number of hydrogen-bond donors (Lipinski definition) is 1. The highest BCUT2D eigenvalue weighted by Crippen LogP contribution is 2.32. The van der Waals surface area contributed by atoms with E-state index in [1.54, 1.807) is 24.3 Å². The lowest BCUT2D eigenvalue weighted by Crippen LogP contribution is -2.36. The van der Waals surface area contributed by atoms with Crippen molar-refractivity contribution in [1.29, 1.82) is 0 Å². The van der Waals surface area contributed by atoms with Crippen LogP contribution < -0.4 is 5.43 Å². The highest BCUT2D eigenvalue weighted by Gasteiger charge is 2.22. The topological polar surface area (TPSA) is 53.7 Å². The van der Waals surface area contributed by atoms with Crippen LogP contribution in [0, 0.1) is 0 Å². The summed E-state index contributed by atoms with van der Waals surface area (Å²) in [6.07, 6.45) is 4.98. The van der Waals surface area contributed by atoms with Gasteiger partial charge in [-0.25, -0.2) is 0 Å². The van der Waals surface area contributed by atoms with Crippen molar-refractivity contribution in [2.24, 2.45) is 0 Å². The molecule has 5 heteroatoms. The van der Waals surface area contributed by atoms with Crippen LogP contribution in [-0.2, 0) is 6.54 Å². The number of rotatable bonds is 3. The van der Waals surface area contributed by atoms with Crippen LogP contribution in [-0.4, -0.2) is 22.6 Å². The first-order valence-corrected chi connectivity index (χ1v) is 9.69. The largest absolute Gasteiger partial charge is 0.507 e. The van der Waals surface area contributed by atoms with Crippen LogP contribution in [0.3, 0.4) is 0 Å². The standard InChI is InChI=1S/C22H22ClNO3/c1-14-6-4-5-11-24(14)12-17-20(25)10-9-16-21(26)18(13-27-22(16)17)15-7-2-3-8-19(15)23/h2-3,7-10,13-14,25H,4-6,11-12H2,1H3/t14-/m0/s1. The molecule has 0 aliphatic carbocycles. The second-order valence-electron chi connectivity index (χ2n) is 7.21. The number of halogens is 1. The van der Waals surface area contributed by atoms with E-state index in [-0.39, 0.29) is 11.2 Å². The molecule has 3 aromatic rings. The van der Waals surface area contributed by atoms with E-state index >= 15 is 0 Å². The normalized spacial score (nSPS) is 18.1. The lowest BCUT2D eigenvalue weighted by molar-refractivity contribution is 0.151. The van der Waals surface area contributed by atoms with Gasteiger partial charge in [0.1, 0.15) is 17.6 Å². The molecule has 0 bridgehead atoms. The monoisotopic (exact) mass is 383 g/mol. The van der Waals surface area contributed by atoms with Crippen LogP contribution in [0.1, 0.15) is 31.7 Å². The number of phenolic OH excluding ortho intramolecular Hbond substituents is 1. The fourth-order valence-electron chi connectivity index (χ4n) is 3.86. The number of phenols is 1. The number of nitrogens with zero attached hydrogens (tertiary/aromatic N) is 1. The van der Waals surface area contributed by atoms with E-state index in [1.807, 2.05) is 12.1 Å². The van der Waals surface area contributed by atoms with Crippen molar-refractivity contribution in [2.45, 2.75) is 38.8 Å². The van der Waals surface area contributed by atoms with Crippen molar-refractivity contribution in [3.63, 3.8) is 0 Å². The Morgan fingerprint density at radius 1 is 1.19 bits per heavy atom. The van der Waals surface area contributed by atoms with Gasteiger partial charge in [0, 0.05) is 23.2 Å². The number of aromatic hydroxyl groups is 1. The highest BCUT2D eigenvalue weighted by atomic mass is 35.5. The quantitative estimate of drug-likeness (QED) is 0.675. The van der Waals surface area contributed by atoms with Crippen LogP contribution in [0.2, 0.25) is 5.02 Å². The Morgan fingerprint density at radius 3 is 2.78 bits per heavy atom. The van der Waals surface area contributed by atoms with Gasteiger partial charge in [-0.1, -0.05) is 36.2 Å². The summed E-state index contributed by atoms with van der Waals surface area (Å²) in [6.45, 7) is 3.75. The average molecular weight is 384 g/mol. The Balaban J connectivity index is 1.82. The summed E-state index contributed by atoms with van der Waals surface area (Å²) < 4.78 is 5.88. The van der Waals surface area contributed by atoms with Gasteiger partial charge in [0.15, 0.2) is 0 Å². The molecule has 4 nitrogen and oxygen atoms in total. The Labute approximate surface area is 163 Å². The predicted molar refractivity (Wildman–Crippen MR) is 108 cm³/mol. The molecule has 0 saturated carbocycles. The fourth-order valence-corrected chi connectivity index (χ4v) is 4.10. The van der Waals surface area contributed by atoms with E-state index in [4.69, 9.17) is 16.0 Å². The molecule has 0 unspecified atom stereocenters. The Kier molecular flexibility index (Phi) is 4.94. The van der Waals surface area contributed by atoms with Gasteiger partial charge in [0.2, 0.25) is 5.43 Å². The first-order valence-electron chi connectivity index (χ1n) is 9.31. The lowest BCUT2D eigenvalue weighted by Gasteiger charge is -2.33. The Bertz CT molecular complexity index is 1040. The van der Waals surface area contributed by atoms with Crippen molar-refractivity contribution in [3.8, 4) is 16.9 Å². The molecule has 27 heavy (non-hydrogen) atoms. The summed E-state index contributed by atoms with van der Waals surface area (Å²) in [5.41, 5.74) is 2.06. The van der Waals surface area contributed by atoms with Crippen LogP contribution in [0.25, 0.3) is 22.1 Å². The van der Waals surface area contributed by atoms with E-state index in [0.717, 1.165) is 19.4 Å². The number of piperidine rings is 1. The molecule has 1 saturated heterocycles. The van der Waals surface area contributed by atoms with Crippen LogP contribution in [0.5, 0.6) is 5.75 Å². The molecule has 1 atom stereocenters. The van der Waals surface area contributed by atoms with Crippen molar-refractivity contribution in [1.82, 2.24) is 4.90 Å². The number of fused-ring (bicyclic) bond motifs is 1. The van der Waals surface area contributed by atoms with Gasteiger partial charge in [-0.05, 0) is 44.5 Å². The third-order valence-corrected chi connectivity index (χ3v) is 5.82. The van der Waals surface area contributed by atoms with Gasteiger partial charge >= 0.3 is 0 Å². The molecule has 2 heterocycles. The van der Waals surface area contributed by atoms with E-state index in [1.165, 1.54) is 12.7 Å². The lowest BCUT2D eigenvalue weighted by atomic mass is 10.0. The fraction of sp³-hybridized carbons (Fsp3) is 0.318. The SMILES string of the molecule is C[C@H]1CCCCN1Cc1c(O)ccc2c(=O)c(-c3ccccc3Cl)coc12. The maximum absolute atomic E-state index is 13.1. The minimum atomic E-state index is -0.141. The van der Waals surface area contributed by atoms with Gasteiger partial charge in [-0.15, -0.1) is 0 Å². The van der Waals surface area contributed by atoms with Gasteiger partial charge in [-0.2, -0.15) is 0 Å². The second-order valence-corrected chi connectivity index (χ2v) is 7.62. The Hall–Kier alpha value is -2.30. The average Bonchev–Trinajstić information content (AvgIpc) is 2.67. The molecular formula is C22H22ClNO3. The molecule has 0 amide bonds. The van der Waals surface area contributed by atoms with Gasteiger partial charge in [0.05, 0.1) is 16.5 Å². The minimum absolute atomic E-state index is 0.141. The minimum Gasteiger partial charge on any atom is -0.507 e. The van der Waals surface area contributed by atoms with E-state index in [2.05, 4.69) is 11.8 Å². The van der Waals surface area contributed by atoms with Crippen molar-refractivity contribution >= 4 is 22.6 Å². The van der Waals surface area contributed by atoms with Crippen molar-refractivity contribution < 1.29 is 9.52 Å². The molecule has 1 N–H and O–H groups in total. The molecule has 0 spiro atoms. The van der Waals surface area contributed by atoms with Crippen LogP contribution >= 0.6 is 11.6 Å². The summed E-state index contributed by atoms with van der Waals surface area (Å²) in [5.74, 6) is 0.161. The molecule has 0 radical (unpaired) electrons. The summed E-state index contributed by atoms with van der Waals surface area (Å²) in [5, 5.41) is 11.4. The van der Waals surface area contributed by atoms with Crippen LogP contribution in [0.15, 0.2) is 51.9 Å². The van der Waals surface area contributed by atoms with Gasteiger partial charge < -0.3 is 9.52 Å². The van der Waals surface area contributed by atoms with E-state index in [9.17, 15) is 9.90 Å². The predicted octanol–water partition coefficient (Wildman–Crippen LogP) is 5.19. The first-order chi connectivity index (χ1) is 13.1. The third-order valence-electron chi connectivity index (χ3n) is 5.49. The highest BCUT2D eigenvalue weighted by molar-refractivity contribution is 6.33. The summed E-state index contributed by atoms with van der Waals surface area (Å²) in [4.78, 5) is 15.4. The Morgan fingerprint density at radius 2 is 2.00 bits per heavy atom. The number of benzene rings is 2. The zero-order valence-electron chi connectivity index (χ0n) is 15.2. The van der Waals surface area contributed by atoms with Crippen molar-refractivity contribution in [2.75, 3.05) is 6.54 Å². The first kappa shape index (κ1) is 18.1. The van der Waals surface area contributed by atoms with Gasteiger partial charge in [0.25, 0.3) is 0 Å².